The zero-order valence-electron chi connectivity index (χ0n) is 16.6. The minimum absolute atomic E-state index is 1.29. The first-order valence-corrected chi connectivity index (χ1v) is 10.9. The number of hydrogen-bond acceptors (Lipinski definition) is 0. The summed E-state index contributed by atoms with van der Waals surface area (Å²) in [6.45, 7) is 4.59. The van der Waals surface area contributed by atoms with Gasteiger partial charge in [0.15, 0.2) is 0 Å². The normalized spacial score (nSPS) is 11.1. The Morgan fingerprint density at radius 3 is 1.21 bits per heavy atom. The summed E-state index contributed by atoms with van der Waals surface area (Å²) in [6.07, 6.45) is 22.3. The fourth-order valence-corrected chi connectivity index (χ4v) is 3.59. The van der Waals surface area contributed by atoms with Crippen molar-refractivity contribution in [3.05, 3.63) is 35.4 Å². The second-order valence-corrected chi connectivity index (χ2v) is 7.51. The van der Waals surface area contributed by atoms with Crippen LogP contribution in [0.3, 0.4) is 0 Å². The second-order valence-electron chi connectivity index (χ2n) is 7.51. The van der Waals surface area contributed by atoms with E-state index in [0.717, 1.165) is 0 Å². The quantitative estimate of drug-likeness (QED) is 0.267. The highest BCUT2D eigenvalue weighted by molar-refractivity contribution is 5.27. The molecule has 0 nitrogen and oxygen atoms in total. The van der Waals surface area contributed by atoms with Crippen molar-refractivity contribution in [1.82, 2.24) is 0 Å². The fraction of sp³-hybridized carbons (Fsp3) is 0.750. The van der Waals surface area contributed by atoms with Crippen LogP contribution in [0.2, 0.25) is 0 Å². The smallest absolute Gasteiger partial charge is 0.0276 e. The Morgan fingerprint density at radius 2 is 0.792 bits per heavy atom. The highest BCUT2D eigenvalue weighted by atomic mass is 14.1. The molecule has 0 N–H and O–H groups in total. The predicted octanol–water partition coefficient (Wildman–Crippen LogP) is 8.27. The lowest BCUT2D eigenvalue weighted by Gasteiger charge is -2.09. The maximum absolute atomic E-state index is 2.36. The minimum Gasteiger partial charge on any atom is -0.0654 e. The predicted molar refractivity (Wildman–Crippen MR) is 110 cm³/mol. The molecule has 0 aliphatic carbocycles. The molecule has 0 saturated carbocycles. The average molecular weight is 331 g/mol. The molecule has 0 atom stereocenters. The van der Waals surface area contributed by atoms with Crippen molar-refractivity contribution in [2.75, 3.05) is 0 Å². The molecule has 138 valence electrons. The van der Waals surface area contributed by atoms with Crippen LogP contribution in [0.4, 0.5) is 0 Å². The van der Waals surface area contributed by atoms with Gasteiger partial charge in [-0.25, -0.2) is 0 Å². The van der Waals surface area contributed by atoms with Crippen molar-refractivity contribution in [3.63, 3.8) is 0 Å². The van der Waals surface area contributed by atoms with Crippen LogP contribution in [-0.2, 0) is 12.8 Å². The largest absolute Gasteiger partial charge is 0.0654 e. The molecule has 0 aliphatic rings. The molecule has 0 saturated heterocycles. The summed E-state index contributed by atoms with van der Waals surface area (Å²) in [6, 6.07) is 9.17. The molecule has 0 amide bonds. The summed E-state index contributed by atoms with van der Waals surface area (Å²) in [4.78, 5) is 0. The Morgan fingerprint density at radius 1 is 0.458 bits per heavy atom. The van der Waals surface area contributed by atoms with E-state index in [1.165, 1.54) is 103 Å². The van der Waals surface area contributed by atoms with Crippen LogP contribution in [0, 0.1) is 0 Å². The van der Waals surface area contributed by atoms with Crippen molar-refractivity contribution >= 4 is 0 Å². The summed E-state index contributed by atoms with van der Waals surface area (Å²) in [5.74, 6) is 0. The van der Waals surface area contributed by atoms with E-state index >= 15 is 0 Å². The Labute approximate surface area is 152 Å². The van der Waals surface area contributed by atoms with Gasteiger partial charge >= 0.3 is 0 Å². The average Bonchev–Trinajstić information content (AvgIpc) is 2.61. The summed E-state index contributed by atoms with van der Waals surface area (Å²) in [7, 11) is 0. The van der Waals surface area contributed by atoms with Crippen LogP contribution in [0.15, 0.2) is 24.3 Å². The van der Waals surface area contributed by atoms with Crippen molar-refractivity contribution in [2.24, 2.45) is 0 Å². The highest BCUT2D eigenvalue weighted by Crippen LogP contribution is 2.17. The summed E-state index contributed by atoms with van der Waals surface area (Å²) >= 11 is 0. The first kappa shape index (κ1) is 21.3. The van der Waals surface area contributed by atoms with E-state index in [2.05, 4.69) is 38.1 Å². The first-order chi connectivity index (χ1) is 11.9. The fourth-order valence-electron chi connectivity index (χ4n) is 3.59. The van der Waals surface area contributed by atoms with E-state index in [-0.39, 0.29) is 0 Å². The van der Waals surface area contributed by atoms with Gasteiger partial charge in [-0.2, -0.15) is 0 Å². The van der Waals surface area contributed by atoms with Gasteiger partial charge in [0.1, 0.15) is 0 Å². The lowest BCUT2D eigenvalue weighted by atomic mass is 9.96. The molecule has 0 heterocycles. The summed E-state index contributed by atoms with van der Waals surface area (Å²) < 4.78 is 0. The van der Waals surface area contributed by atoms with E-state index in [0.29, 0.717) is 0 Å². The molecule has 0 unspecified atom stereocenters. The van der Waals surface area contributed by atoms with Gasteiger partial charge in [-0.1, -0.05) is 115 Å². The summed E-state index contributed by atoms with van der Waals surface area (Å²) in [5, 5.41) is 0. The van der Waals surface area contributed by atoms with Gasteiger partial charge in [-0.05, 0) is 36.8 Å². The molecular formula is C24H42. The third-order valence-electron chi connectivity index (χ3n) is 5.22. The third-order valence-corrected chi connectivity index (χ3v) is 5.22. The molecule has 0 bridgehead atoms. The van der Waals surface area contributed by atoms with E-state index in [1.54, 1.807) is 11.1 Å². The van der Waals surface area contributed by atoms with Gasteiger partial charge in [-0.3, -0.25) is 0 Å². The molecule has 0 aromatic heterocycles. The number of rotatable bonds is 16. The standard InChI is InChI=1S/C24H42/c1-3-5-7-9-10-11-12-13-14-16-20-24-22-18-17-21-23(24)19-15-8-6-4-2/h17-18,21-22H,3-16,19-20H2,1-2H3. The SMILES string of the molecule is CCCCCCCCCCCCc1ccccc1CCCCCC. The van der Waals surface area contributed by atoms with Gasteiger partial charge in [0.2, 0.25) is 0 Å². The van der Waals surface area contributed by atoms with Gasteiger partial charge in [0.25, 0.3) is 0 Å². The Balaban J connectivity index is 2.07. The van der Waals surface area contributed by atoms with Crippen molar-refractivity contribution in [2.45, 2.75) is 117 Å². The molecule has 0 aliphatic heterocycles. The third kappa shape index (κ3) is 10.9. The van der Waals surface area contributed by atoms with Crippen molar-refractivity contribution in [3.8, 4) is 0 Å². The van der Waals surface area contributed by atoms with E-state index in [4.69, 9.17) is 0 Å². The van der Waals surface area contributed by atoms with Gasteiger partial charge < -0.3 is 0 Å². The number of unbranched alkanes of at least 4 members (excludes halogenated alkanes) is 12. The molecule has 0 fully saturated rings. The number of benzene rings is 1. The minimum atomic E-state index is 1.29. The maximum Gasteiger partial charge on any atom is -0.0276 e. The van der Waals surface area contributed by atoms with E-state index in [1.807, 2.05) is 0 Å². The molecule has 0 spiro atoms. The lowest BCUT2D eigenvalue weighted by molar-refractivity contribution is 0.556. The zero-order valence-corrected chi connectivity index (χ0v) is 16.6. The molecule has 24 heavy (non-hydrogen) atoms. The molecule has 1 rings (SSSR count). The Bertz CT molecular complexity index is 379. The topological polar surface area (TPSA) is 0 Å². The number of hydrogen-bond donors (Lipinski definition) is 0. The monoisotopic (exact) mass is 330 g/mol. The number of aryl methyl sites for hydroxylation is 2. The van der Waals surface area contributed by atoms with Gasteiger partial charge in [0.05, 0.1) is 0 Å². The van der Waals surface area contributed by atoms with Crippen LogP contribution in [0.1, 0.15) is 115 Å². The van der Waals surface area contributed by atoms with Crippen molar-refractivity contribution in [1.29, 1.82) is 0 Å². The van der Waals surface area contributed by atoms with Crippen LogP contribution in [0.5, 0.6) is 0 Å². The van der Waals surface area contributed by atoms with Crippen LogP contribution >= 0.6 is 0 Å². The Kier molecular flexibility index (Phi) is 13.9. The molecule has 1 aromatic rings. The Hall–Kier alpha value is -0.780. The molecule has 1 aromatic carbocycles. The van der Waals surface area contributed by atoms with Crippen molar-refractivity contribution < 1.29 is 0 Å². The molecular weight excluding hydrogens is 288 g/mol. The second kappa shape index (κ2) is 15.7. The molecule has 0 radical (unpaired) electrons. The van der Waals surface area contributed by atoms with E-state index in [9.17, 15) is 0 Å². The van der Waals surface area contributed by atoms with Gasteiger partial charge in [0, 0.05) is 0 Å². The molecule has 0 heteroatoms. The van der Waals surface area contributed by atoms with E-state index < -0.39 is 0 Å². The van der Waals surface area contributed by atoms with Gasteiger partial charge in [-0.15, -0.1) is 0 Å². The van der Waals surface area contributed by atoms with Crippen LogP contribution in [-0.4, -0.2) is 0 Å². The van der Waals surface area contributed by atoms with Crippen LogP contribution < -0.4 is 0 Å². The maximum atomic E-state index is 2.36. The zero-order chi connectivity index (χ0) is 17.3. The van der Waals surface area contributed by atoms with Crippen LogP contribution in [0.25, 0.3) is 0 Å². The summed E-state index contributed by atoms with van der Waals surface area (Å²) in [5.41, 5.74) is 3.23. The highest BCUT2D eigenvalue weighted by Gasteiger charge is 2.02. The lowest BCUT2D eigenvalue weighted by Crippen LogP contribution is -1.95. The first-order valence-electron chi connectivity index (χ1n) is 10.9.